The molecule has 18 heavy (non-hydrogen) atoms. The predicted molar refractivity (Wildman–Crippen MR) is 73.5 cm³/mol. The van der Waals surface area contributed by atoms with Crippen LogP contribution < -0.4 is 5.73 Å². The molecule has 0 spiro atoms. The summed E-state index contributed by atoms with van der Waals surface area (Å²) >= 11 is 6.03. The number of piperidine rings is 1. The fourth-order valence-corrected chi connectivity index (χ4v) is 2.50. The van der Waals surface area contributed by atoms with Crippen LogP contribution in [0.5, 0.6) is 0 Å². The number of aliphatic imine (C=N–C) groups is 1. The van der Waals surface area contributed by atoms with Crippen molar-refractivity contribution in [2.24, 2.45) is 23.7 Å². The van der Waals surface area contributed by atoms with E-state index >= 15 is 0 Å². The molecule has 0 bridgehead atoms. The average Bonchev–Trinajstić information content (AvgIpc) is 2.65. The Bertz CT molecular complexity index is 440. The van der Waals surface area contributed by atoms with Gasteiger partial charge in [0, 0.05) is 26.3 Å². The van der Waals surface area contributed by atoms with Crippen molar-refractivity contribution in [3.05, 3.63) is 16.9 Å². The van der Waals surface area contributed by atoms with Gasteiger partial charge in [-0.05, 0) is 18.8 Å². The third-order valence-corrected chi connectivity index (χ3v) is 3.54. The summed E-state index contributed by atoms with van der Waals surface area (Å²) in [7, 11) is 1.84. The van der Waals surface area contributed by atoms with Crippen molar-refractivity contribution < 1.29 is 0 Å². The van der Waals surface area contributed by atoms with Crippen molar-refractivity contribution in [3.63, 3.8) is 0 Å². The first kappa shape index (κ1) is 13.2. The Balaban J connectivity index is 1.98. The second-order valence-corrected chi connectivity index (χ2v) is 5.37. The van der Waals surface area contributed by atoms with Crippen molar-refractivity contribution in [2.45, 2.75) is 26.3 Å². The van der Waals surface area contributed by atoms with Gasteiger partial charge in [0.05, 0.1) is 11.6 Å². The van der Waals surface area contributed by atoms with E-state index in [0.29, 0.717) is 23.4 Å². The fourth-order valence-electron chi connectivity index (χ4n) is 2.27. The first-order valence-corrected chi connectivity index (χ1v) is 6.67. The number of guanidine groups is 1. The van der Waals surface area contributed by atoms with E-state index in [9.17, 15) is 0 Å². The number of rotatable bonds is 2. The summed E-state index contributed by atoms with van der Waals surface area (Å²) in [5.41, 5.74) is 6.78. The lowest BCUT2D eigenvalue weighted by atomic mass is 10.0. The number of likely N-dealkylation sites (tertiary alicyclic amines) is 1. The van der Waals surface area contributed by atoms with Gasteiger partial charge in [0.25, 0.3) is 0 Å². The highest BCUT2D eigenvalue weighted by Crippen LogP contribution is 2.16. The molecule has 2 heterocycles. The molecule has 1 aliphatic heterocycles. The highest BCUT2D eigenvalue weighted by Gasteiger charge is 2.17. The molecule has 1 unspecified atom stereocenters. The van der Waals surface area contributed by atoms with Gasteiger partial charge in [-0.2, -0.15) is 5.10 Å². The van der Waals surface area contributed by atoms with Gasteiger partial charge < -0.3 is 10.6 Å². The Morgan fingerprint density at radius 3 is 3.06 bits per heavy atom. The zero-order chi connectivity index (χ0) is 13.1. The van der Waals surface area contributed by atoms with E-state index in [-0.39, 0.29) is 0 Å². The lowest BCUT2D eigenvalue weighted by Gasteiger charge is -2.31. The molecule has 2 rings (SSSR count). The van der Waals surface area contributed by atoms with Gasteiger partial charge in [0.2, 0.25) is 0 Å². The van der Waals surface area contributed by atoms with Crippen molar-refractivity contribution in [1.82, 2.24) is 14.7 Å². The molecule has 1 atom stereocenters. The van der Waals surface area contributed by atoms with E-state index in [1.54, 1.807) is 10.9 Å². The van der Waals surface area contributed by atoms with E-state index in [2.05, 4.69) is 21.9 Å². The normalized spacial score (nSPS) is 21.4. The van der Waals surface area contributed by atoms with Crippen molar-refractivity contribution >= 4 is 17.6 Å². The Hall–Kier alpha value is -1.23. The average molecular weight is 270 g/mol. The van der Waals surface area contributed by atoms with Gasteiger partial charge in [-0.15, -0.1) is 0 Å². The number of halogens is 1. The molecule has 5 nitrogen and oxygen atoms in total. The maximum Gasteiger partial charge on any atom is 0.191 e. The third kappa shape index (κ3) is 3.16. The van der Waals surface area contributed by atoms with Crippen LogP contribution in [0.4, 0.5) is 0 Å². The Kier molecular flexibility index (Phi) is 4.11. The summed E-state index contributed by atoms with van der Waals surface area (Å²) in [5, 5.41) is 4.89. The van der Waals surface area contributed by atoms with E-state index < -0.39 is 0 Å². The summed E-state index contributed by atoms with van der Waals surface area (Å²) in [4.78, 5) is 6.53. The molecule has 0 amide bonds. The molecule has 1 aromatic heterocycles. The van der Waals surface area contributed by atoms with Crippen LogP contribution in [0.15, 0.2) is 11.2 Å². The monoisotopic (exact) mass is 269 g/mol. The van der Waals surface area contributed by atoms with Gasteiger partial charge in [-0.1, -0.05) is 18.5 Å². The first-order valence-electron chi connectivity index (χ1n) is 6.29. The molecule has 0 saturated carbocycles. The van der Waals surface area contributed by atoms with Crippen LogP contribution in [0.25, 0.3) is 0 Å². The quantitative estimate of drug-likeness (QED) is 0.656. The molecule has 0 radical (unpaired) electrons. The Morgan fingerprint density at radius 1 is 1.67 bits per heavy atom. The summed E-state index contributed by atoms with van der Waals surface area (Å²) in [6.45, 7) is 4.67. The second-order valence-electron chi connectivity index (χ2n) is 4.97. The SMILES string of the molecule is CC1CCCN(C(N)=NCc2nn(C)cc2Cl)C1. The lowest BCUT2D eigenvalue weighted by Crippen LogP contribution is -2.43. The topological polar surface area (TPSA) is 59.4 Å². The minimum atomic E-state index is 0.441. The highest BCUT2D eigenvalue weighted by molar-refractivity contribution is 6.31. The van der Waals surface area contributed by atoms with Gasteiger partial charge in [0.15, 0.2) is 5.96 Å². The van der Waals surface area contributed by atoms with Gasteiger partial charge in [0.1, 0.15) is 5.69 Å². The van der Waals surface area contributed by atoms with E-state index in [1.165, 1.54) is 12.8 Å². The zero-order valence-corrected chi connectivity index (χ0v) is 11.7. The predicted octanol–water partition coefficient (Wildman–Crippen LogP) is 1.62. The Morgan fingerprint density at radius 2 is 2.44 bits per heavy atom. The van der Waals surface area contributed by atoms with Crippen molar-refractivity contribution in [3.8, 4) is 0 Å². The smallest absolute Gasteiger partial charge is 0.191 e. The van der Waals surface area contributed by atoms with Crippen molar-refractivity contribution in [2.75, 3.05) is 13.1 Å². The first-order chi connectivity index (χ1) is 8.56. The number of nitrogens with zero attached hydrogens (tertiary/aromatic N) is 4. The maximum atomic E-state index is 6.03. The fraction of sp³-hybridized carbons (Fsp3) is 0.667. The number of aromatic nitrogens is 2. The third-order valence-electron chi connectivity index (χ3n) is 3.23. The molecular weight excluding hydrogens is 250 g/mol. The summed E-state index contributed by atoms with van der Waals surface area (Å²) in [6, 6.07) is 0. The molecule has 0 aliphatic carbocycles. The molecule has 1 fully saturated rings. The second kappa shape index (κ2) is 5.61. The van der Waals surface area contributed by atoms with Crippen LogP contribution in [0.3, 0.4) is 0 Å². The molecule has 2 N–H and O–H groups in total. The van der Waals surface area contributed by atoms with Gasteiger partial charge in [-0.3, -0.25) is 4.68 Å². The van der Waals surface area contributed by atoms with Gasteiger partial charge in [-0.25, -0.2) is 4.99 Å². The van der Waals surface area contributed by atoms with Crippen LogP contribution >= 0.6 is 11.6 Å². The van der Waals surface area contributed by atoms with E-state index in [1.807, 2.05) is 7.05 Å². The summed E-state index contributed by atoms with van der Waals surface area (Å²) in [6.07, 6.45) is 4.23. The largest absolute Gasteiger partial charge is 0.370 e. The van der Waals surface area contributed by atoms with Crippen LogP contribution in [-0.2, 0) is 13.6 Å². The summed E-state index contributed by atoms with van der Waals surface area (Å²) < 4.78 is 1.69. The summed E-state index contributed by atoms with van der Waals surface area (Å²) in [5.74, 6) is 1.29. The van der Waals surface area contributed by atoms with E-state index in [0.717, 1.165) is 18.8 Å². The van der Waals surface area contributed by atoms with Crippen LogP contribution in [-0.4, -0.2) is 33.7 Å². The van der Waals surface area contributed by atoms with Crippen LogP contribution in [0.2, 0.25) is 5.02 Å². The van der Waals surface area contributed by atoms with Gasteiger partial charge >= 0.3 is 0 Å². The molecule has 100 valence electrons. The van der Waals surface area contributed by atoms with E-state index in [4.69, 9.17) is 17.3 Å². The minimum absolute atomic E-state index is 0.441. The molecule has 6 heteroatoms. The standard InChI is InChI=1S/C12H20ClN5/c1-9-4-3-5-18(7-9)12(14)15-6-11-10(13)8-17(2)16-11/h8-9H,3-7H2,1-2H3,(H2,14,15). The Labute approximate surface area is 113 Å². The lowest BCUT2D eigenvalue weighted by molar-refractivity contribution is 0.270. The maximum absolute atomic E-state index is 6.03. The molecule has 0 aromatic carbocycles. The minimum Gasteiger partial charge on any atom is -0.370 e. The van der Waals surface area contributed by atoms with Crippen LogP contribution in [0.1, 0.15) is 25.5 Å². The molecule has 1 saturated heterocycles. The molecule has 1 aliphatic rings. The number of hydrogen-bond acceptors (Lipinski definition) is 2. The number of nitrogens with two attached hydrogens (primary N) is 1. The number of hydrogen-bond donors (Lipinski definition) is 1. The van der Waals surface area contributed by atoms with Crippen molar-refractivity contribution in [1.29, 1.82) is 0 Å². The number of aryl methyl sites for hydroxylation is 1. The highest BCUT2D eigenvalue weighted by atomic mass is 35.5. The molecular formula is C12H20ClN5. The van der Waals surface area contributed by atoms with Crippen LogP contribution in [0, 0.1) is 5.92 Å². The zero-order valence-electron chi connectivity index (χ0n) is 10.9. The molecule has 1 aromatic rings.